The number of hydrogen-bond acceptors (Lipinski definition) is 4. The lowest BCUT2D eigenvalue weighted by Crippen LogP contribution is -2.18. The monoisotopic (exact) mass is 582 g/mol. The van der Waals surface area contributed by atoms with Crippen LogP contribution in [0.25, 0.3) is 10.9 Å². The Morgan fingerprint density at radius 1 is 0.905 bits per heavy atom. The van der Waals surface area contributed by atoms with Crippen molar-refractivity contribution in [1.82, 2.24) is 4.57 Å². The smallest absolute Gasteiger partial charge is 0.339 e. The highest BCUT2D eigenvalue weighted by Gasteiger charge is 2.25. The van der Waals surface area contributed by atoms with E-state index in [-0.39, 0.29) is 23.5 Å². The van der Waals surface area contributed by atoms with Crippen molar-refractivity contribution in [3.8, 4) is 11.5 Å². The summed E-state index contributed by atoms with van der Waals surface area (Å²) in [5, 5.41) is 11.3. The molecule has 0 radical (unpaired) electrons. The molecule has 0 amide bonds. The summed E-state index contributed by atoms with van der Waals surface area (Å²) < 4.78 is 14.3. The molecule has 0 aliphatic carbocycles. The molecule has 4 aromatic carbocycles. The highest BCUT2D eigenvalue weighted by Crippen LogP contribution is 2.38. The number of hydrogen-bond donors (Lipinski definition) is 2. The van der Waals surface area contributed by atoms with Gasteiger partial charge in [-0.3, -0.25) is 0 Å². The van der Waals surface area contributed by atoms with Gasteiger partial charge in [0.2, 0.25) is 0 Å². The molecule has 42 heavy (non-hydrogen) atoms. The van der Waals surface area contributed by atoms with Crippen LogP contribution in [0, 0.1) is 0 Å². The molecule has 0 aliphatic rings. The van der Waals surface area contributed by atoms with Crippen molar-refractivity contribution in [2.24, 2.45) is 5.73 Å². The molecule has 5 aromatic rings. The van der Waals surface area contributed by atoms with Crippen LogP contribution in [-0.2, 0) is 12.8 Å². The van der Waals surface area contributed by atoms with Gasteiger partial charge in [-0.05, 0) is 67.4 Å². The zero-order valence-corrected chi connectivity index (χ0v) is 24.6. The van der Waals surface area contributed by atoms with Gasteiger partial charge in [-0.15, -0.1) is 0 Å². The summed E-state index contributed by atoms with van der Waals surface area (Å²) in [5.74, 6) is -0.209. The molecule has 0 saturated carbocycles. The minimum absolute atomic E-state index is 0.0633. The second-order valence-corrected chi connectivity index (χ2v) is 10.9. The van der Waals surface area contributed by atoms with E-state index in [2.05, 4.69) is 59.2 Å². The maximum atomic E-state index is 11.7. The summed E-state index contributed by atoms with van der Waals surface area (Å²) in [6, 6.07) is 31.8. The fourth-order valence-electron chi connectivity index (χ4n) is 5.54. The van der Waals surface area contributed by atoms with E-state index in [4.69, 9.17) is 26.8 Å². The van der Waals surface area contributed by atoms with Gasteiger partial charge in [0.05, 0.1) is 18.8 Å². The van der Waals surface area contributed by atoms with Gasteiger partial charge in [0.25, 0.3) is 0 Å². The van der Waals surface area contributed by atoms with Gasteiger partial charge in [-0.25, -0.2) is 4.79 Å². The van der Waals surface area contributed by atoms with Crippen LogP contribution >= 0.6 is 11.6 Å². The van der Waals surface area contributed by atoms with Crippen molar-refractivity contribution in [3.05, 3.63) is 130 Å². The molecule has 0 spiro atoms. The number of aromatic carboxylic acids is 1. The molecule has 3 N–H and O–H groups in total. The third-order valence-corrected chi connectivity index (χ3v) is 7.45. The molecule has 6 nitrogen and oxygen atoms in total. The van der Waals surface area contributed by atoms with E-state index in [1.54, 1.807) is 12.1 Å². The average Bonchev–Trinajstić information content (AvgIpc) is 3.26. The first-order valence-corrected chi connectivity index (χ1v) is 14.5. The predicted octanol–water partition coefficient (Wildman–Crippen LogP) is 7.54. The van der Waals surface area contributed by atoms with E-state index in [1.807, 2.05) is 38.1 Å². The van der Waals surface area contributed by atoms with E-state index >= 15 is 0 Å². The Hall–Kier alpha value is -4.26. The molecule has 7 heteroatoms. The van der Waals surface area contributed by atoms with E-state index in [0.717, 1.165) is 22.2 Å². The number of nitrogens with zero attached hydrogens (tertiary/aromatic N) is 1. The van der Waals surface area contributed by atoms with Crippen molar-refractivity contribution in [2.75, 3.05) is 13.2 Å². The van der Waals surface area contributed by atoms with E-state index in [9.17, 15) is 9.90 Å². The van der Waals surface area contributed by atoms with Crippen LogP contribution in [0.2, 0.25) is 5.02 Å². The average molecular weight is 583 g/mol. The normalized spacial score (nSPS) is 11.4. The number of fused-ring (bicyclic) bond motifs is 1. The maximum absolute atomic E-state index is 11.7. The SMILES string of the molecule is CC(C)Oc1cc(OCCc2c(CCN)n(C(c3ccccc3)c3ccccc3)c3ccc(Cl)cc23)ccc1C(=O)O. The Morgan fingerprint density at radius 2 is 1.57 bits per heavy atom. The van der Waals surface area contributed by atoms with Crippen LogP contribution in [0.5, 0.6) is 11.5 Å². The number of aromatic nitrogens is 1. The van der Waals surface area contributed by atoms with Crippen LogP contribution in [0.4, 0.5) is 0 Å². The summed E-state index contributed by atoms with van der Waals surface area (Å²) in [5.41, 5.74) is 12.0. The number of nitrogens with two attached hydrogens (primary N) is 1. The molecule has 0 unspecified atom stereocenters. The fraction of sp³-hybridized carbons (Fsp3) is 0.229. The summed E-state index contributed by atoms with van der Waals surface area (Å²) in [4.78, 5) is 11.7. The number of ether oxygens (including phenoxy) is 2. The molecule has 0 atom stereocenters. The molecule has 216 valence electrons. The second kappa shape index (κ2) is 13.1. The lowest BCUT2D eigenvalue weighted by molar-refractivity contribution is 0.0690. The second-order valence-electron chi connectivity index (χ2n) is 10.4. The Labute approximate surface area is 251 Å². The first kappa shape index (κ1) is 29.2. The molecule has 1 aromatic heterocycles. The number of carbonyl (C=O) groups is 1. The number of benzene rings is 4. The van der Waals surface area contributed by atoms with Crippen molar-refractivity contribution in [1.29, 1.82) is 0 Å². The summed E-state index contributed by atoms with van der Waals surface area (Å²) in [6.45, 7) is 4.58. The van der Waals surface area contributed by atoms with Gasteiger partial charge in [0, 0.05) is 40.5 Å². The predicted molar refractivity (Wildman–Crippen MR) is 168 cm³/mol. The van der Waals surface area contributed by atoms with Gasteiger partial charge in [-0.2, -0.15) is 0 Å². The third kappa shape index (κ3) is 6.30. The quantitative estimate of drug-likeness (QED) is 0.159. The Kier molecular flexibility index (Phi) is 9.15. The molecule has 1 heterocycles. The van der Waals surface area contributed by atoms with Gasteiger partial charge in [0.1, 0.15) is 17.1 Å². The fourth-order valence-corrected chi connectivity index (χ4v) is 5.71. The summed E-state index contributed by atoms with van der Waals surface area (Å²) >= 11 is 6.55. The van der Waals surface area contributed by atoms with Crippen LogP contribution in [0.3, 0.4) is 0 Å². The Balaban J connectivity index is 1.56. The molecule has 0 saturated heterocycles. The van der Waals surface area contributed by atoms with Crippen LogP contribution in [0.1, 0.15) is 52.6 Å². The van der Waals surface area contributed by atoms with Gasteiger partial charge >= 0.3 is 5.97 Å². The Morgan fingerprint density at radius 3 is 2.17 bits per heavy atom. The van der Waals surface area contributed by atoms with Gasteiger partial charge < -0.3 is 24.9 Å². The first-order valence-electron chi connectivity index (χ1n) is 14.1. The lowest BCUT2D eigenvalue weighted by atomic mass is 9.97. The number of halogens is 1. The van der Waals surface area contributed by atoms with E-state index in [0.29, 0.717) is 36.8 Å². The Bertz CT molecular complexity index is 1630. The number of carboxylic acids is 1. The maximum Gasteiger partial charge on any atom is 0.339 e. The van der Waals surface area contributed by atoms with Crippen molar-refractivity contribution >= 4 is 28.5 Å². The lowest BCUT2D eigenvalue weighted by Gasteiger charge is -2.25. The van der Waals surface area contributed by atoms with Gasteiger partial charge in [-0.1, -0.05) is 72.3 Å². The molecular weight excluding hydrogens is 548 g/mol. The molecule has 5 rings (SSSR count). The van der Waals surface area contributed by atoms with Crippen molar-refractivity contribution in [2.45, 2.75) is 38.8 Å². The zero-order valence-electron chi connectivity index (χ0n) is 23.8. The topological polar surface area (TPSA) is 86.7 Å². The molecule has 0 fully saturated rings. The largest absolute Gasteiger partial charge is 0.493 e. The van der Waals surface area contributed by atoms with Crippen LogP contribution in [0.15, 0.2) is 97.1 Å². The van der Waals surface area contributed by atoms with Crippen LogP contribution in [-0.4, -0.2) is 34.9 Å². The van der Waals surface area contributed by atoms with E-state index < -0.39 is 5.97 Å². The highest BCUT2D eigenvalue weighted by molar-refractivity contribution is 6.31. The van der Waals surface area contributed by atoms with Crippen molar-refractivity contribution in [3.63, 3.8) is 0 Å². The zero-order chi connectivity index (χ0) is 29.6. The molecular formula is C35H35ClN2O4. The van der Waals surface area contributed by atoms with Crippen LogP contribution < -0.4 is 15.2 Å². The number of rotatable bonds is 12. The molecule has 0 aliphatic heterocycles. The van der Waals surface area contributed by atoms with Crippen molar-refractivity contribution < 1.29 is 19.4 Å². The summed E-state index contributed by atoms with van der Waals surface area (Å²) in [7, 11) is 0. The summed E-state index contributed by atoms with van der Waals surface area (Å²) in [6.07, 6.45) is 1.11. The highest BCUT2D eigenvalue weighted by atomic mass is 35.5. The van der Waals surface area contributed by atoms with Gasteiger partial charge in [0.15, 0.2) is 0 Å². The standard InChI is InChI=1S/C35H35ClN2O4/c1-23(2)42-33-22-27(14-15-29(33)35(39)40)41-20-18-28-30-21-26(36)13-16-31(30)38(32(28)17-19-37)34(24-9-5-3-6-10-24)25-11-7-4-8-12-25/h3-16,21-23,34H,17-20,37H2,1-2H3,(H,39,40). The minimum Gasteiger partial charge on any atom is -0.493 e. The molecule has 0 bridgehead atoms. The first-order chi connectivity index (χ1) is 20.4. The number of carboxylic acid groups (broad SMARTS) is 1. The van der Waals surface area contributed by atoms with E-state index in [1.165, 1.54) is 17.2 Å². The minimum atomic E-state index is -1.04. The third-order valence-electron chi connectivity index (χ3n) is 7.22.